The fraction of sp³-hybridized carbons (Fsp3) is 0.158. The number of alkyl halides is 3. The molecule has 5 nitrogen and oxygen atoms in total. The van der Waals surface area contributed by atoms with Crippen molar-refractivity contribution in [3.63, 3.8) is 0 Å². The zero-order valence-corrected chi connectivity index (χ0v) is 16.2. The highest BCUT2D eigenvalue weighted by Crippen LogP contribution is 2.38. The fourth-order valence-electron chi connectivity index (χ4n) is 2.66. The first-order chi connectivity index (χ1) is 13.6. The Kier molecular flexibility index (Phi) is 5.77. The first kappa shape index (κ1) is 21.0. The van der Waals surface area contributed by atoms with Crippen molar-refractivity contribution >= 4 is 51.7 Å². The molecule has 152 valence electrons. The molecule has 0 fully saturated rings. The Balaban J connectivity index is 1.73. The number of carbonyl (C=O) groups is 2. The van der Waals surface area contributed by atoms with Crippen molar-refractivity contribution in [3.05, 3.63) is 63.3 Å². The molecule has 1 amide bonds. The summed E-state index contributed by atoms with van der Waals surface area (Å²) >= 11 is 11.8. The lowest BCUT2D eigenvalue weighted by Crippen LogP contribution is -2.23. The van der Waals surface area contributed by atoms with Gasteiger partial charge in [-0.05, 0) is 25.1 Å². The minimum absolute atomic E-state index is 0.158. The number of aryl methyl sites for hydroxylation is 1. The summed E-state index contributed by atoms with van der Waals surface area (Å²) in [6.45, 7) is 0.768. The largest absolute Gasteiger partial charge is 0.450 e. The van der Waals surface area contributed by atoms with E-state index in [0.29, 0.717) is 16.0 Å². The molecule has 0 saturated carbocycles. The molecule has 10 heteroatoms. The molecule has 3 rings (SSSR count). The van der Waals surface area contributed by atoms with Crippen LogP contribution in [0.15, 0.2) is 40.8 Å². The quantitative estimate of drug-likeness (QED) is 0.510. The lowest BCUT2D eigenvalue weighted by molar-refractivity contribution is -0.137. The van der Waals surface area contributed by atoms with Gasteiger partial charge in [0.15, 0.2) is 12.2 Å². The molecule has 0 atom stereocenters. The van der Waals surface area contributed by atoms with Crippen LogP contribution in [0.4, 0.5) is 18.9 Å². The summed E-state index contributed by atoms with van der Waals surface area (Å²) in [6, 6.07) is 8.03. The third-order valence-electron chi connectivity index (χ3n) is 4.02. The Morgan fingerprint density at radius 3 is 2.41 bits per heavy atom. The predicted octanol–water partition coefficient (Wildman–Crippen LogP) is 5.86. The molecule has 1 aromatic heterocycles. The van der Waals surface area contributed by atoms with Gasteiger partial charge in [-0.3, -0.25) is 4.79 Å². The molecule has 0 unspecified atom stereocenters. The highest BCUT2D eigenvalue weighted by Gasteiger charge is 2.35. The van der Waals surface area contributed by atoms with Crippen molar-refractivity contribution in [2.45, 2.75) is 13.1 Å². The van der Waals surface area contributed by atoms with Gasteiger partial charge < -0.3 is 14.5 Å². The number of furan rings is 1. The number of esters is 1. The lowest BCUT2D eigenvalue weighted by Gasteiger charge is -2.15. The average Bonchev–Trinajstić information content (AvgIpc) is 2.99. The molecule has 1 heterocycles. The Labute approximate surface area is 172 Å². The summed E-state index contributed by atoms with van der Waals surface area (Å²) in [4.78, 5) is 24.3. The number of para-hydroxylation sites is 2. The van der Waals surface area contributed by atoms with Crippen molar-refractivity contribution in [1.82, 2.24) is 0 Å². The molecule has 0 aliphatic carbocycles. The van der Waals surface area contributed by atoms with Crippen LogP contribution in [0.2, 0.25) is 10.0 Å². The molecule has 0 bridgehead atoms. The summed E-state index contributed by atoms with van der Waals surface area (Å²) in [5.74, 6) is -2.11. The van der Waals surface area contributed by atoms with E-state index in [0.717, 1.165) is 12.1 Å². The van der Waals surface area contributed by atoms with E-state index in [4.69, 9.17) is 32.4 Å². The number of anilines is 1. The van der Waals surface area contributed by atoms with Gasteiger partial charge in [-0.1, -0.05) is 41.4 Å². The van der Waals surface area contributed by atoms with Gasteiger partial charge in [-0.2, -0.15) is 13.2 Å². The molecule has 0 saturated heterocycles. The van der Waals surface area contributed by atoms with E-state index in [-0.39, 0.29) is 16.4 Å². The molecule has 3 aromatic rings. The second-order valence-electron chi connectivity index (χ2n) is 5.96. The van der Waals surface area contributed by atoms with Gasteiger partial charge in [-0.15, -0.1) is 0 Å². The van der Waals surface area contributed by atoms with Crippen LogP contribution in [0.1, 0.15) is 21.7 Å². The predicted molar refractivity (Wildman–Crippen MR) is 101 cm³/mol. The number of ether oxygens (including phenoxy) is 1. The Hall–Kier alpha value is -2.71. The number of rotatable bonds is 4. The minimum Gasteiger partial charge on any atom is -0.450 e. The zero-order chi connectivity index (χ0) is 21.3. The van der Waals surface area contributed by atoms with Crippen molar-refractivity contribution < 1.29 is 31.9 Å². The van der Waals surface area contributed by atoms with Crippen molar-refractivity contribution in [2.24, 2.45) is 0 Å². The van der Waals surface area contributed by atoms with E-state index in [1.165, 1.54) is 6.07 Å². The maximum Gasteiger partial charge on any atom is 0.418 e. The minimum atomic E-state index is -4.73. The van der Waals surface area contributed by atoms with Crippen LogP contribution in [0.25, 0.3) is 11.0 Å². The van der Waals surface area contributed by atoms with Gasteiger partial charge in [-0.25, -0.2) is 4.79 Å². The lowest BCUT2D eigenvalue weighted by atomic mass is 10.1. The van der Waals surface area contributed by atoms with Gasteiger partial charge in [0.1, 0.15) is 0 Å². The monoisotopic (exact) mass is 445 g/mol. The van der Waals surface area contributed by atoms with Crippen LogP contribution < -0.4 is 5.32 Å². The molecule has 2 aromatic carbocycles. The van der Waals surface area contributed by atoms with Crippen LogP contribution >= 0.6 is 23.2 Å². The fourth-order valence-corrected chi connectivity index (χ4v) is 3.10. The number of amides is 1. The first-order valence-corrected chi connectivity index (χ1v) is 8.85. The number of benzene rings is 2. The van der Waals surface area contributed by atoms with Crippen molar-refractivity contribution in [1.29, 1.82) is 0 Å². The normalized spacial score (nSPS) is 11.5. The molecule has 0 radical (unpaired) electrons. The maximum absolute atomic E-state index is 13.1. The topological polar surface area (TPSA) is 68.5 Å². The van der Waals surface area contributed by atoms with E-state index >= 15 is 0 Å². The number of fused-ring (bicyclic) bond motifs is 1. The summed E-state index contributed by atoms with van der Waals surface area (Å²) in [5, 5.41) is 2.61. The number of carbonyl (C=O) groups excluding carboxylic acids is 2. The average molecular weight is 446 g/mol. The van der Waals surface area contributed by atoms with Gasteiger partial charge >= 0.3 is 12.1 Å². The van der Waals surface area contributed by atoms with Gasteiger partial charge in [0.05, 0.1) is 21.3 Å². The Morgan fingerprint density at radius 1 is 1.10 bits per heavy atom. The number of halogens is 5. The van der Waals surface area contributed by atoms with Crippen LogP contribution in [0, 0.1) is 6.92 Å². The van der Waals surface area contributed by atoms with Crippen LogP contribution in [-0.2, 0) is 15.7 Å². The smallest absolute Gasteiger partial charge is 0.418 e. The highest BCUT2D eigenvalue weighted by molar-refractivity contribution is 6.35. The molecule has 1 N–H and O–H groups in total. The Morgan fingerprint density at radius 2 is 1.76 bits per heavy atom. The van der Waals surface area contributed by atoms with Gasteiger partial charge in [0.25, 0.3) is 5.91 Å². The molecular weight excluding hydrogens is 434 g/mol. The third-order valence-corrected chi connectivity index (χ3v) is 4.63. The van der Waals surface area contributed by atoms with E-state index in [2.05, 4.69) is 0 Å². The second-order valence-corrected chi connectivity index (χ2v) is 6.77. The number of nitrogens with one attached hydrogen (secondary N) is 1. The Bertz CT molecular complexity index is 1110. The summed E-state index contributed by atoms with van der Waals surface area (Å²) in [6.07, 6.45) is -4.73. The molecule has 29 heavy (non-hydrogen) atoms. The highest BCUT2D eigenvalue weighted by atomic mass is 35.5. The summed E-state index contributed by atoms with van der Waals surface area (Å²) in [5.41, 5.74) is -0.991. The summed E-state index contributed by atoms with van der Waals surface area (Å²) in [7, 11) is 0. The van der Waals surface area contributed by atoms with Crippen LogP contribution in [-0.4, -0.2) is 18.5 Å². The first-order valence-electron chi connectivity index (χ1n) is 8.10. The number of hydrogen-bond donors (Lipinski definition) is 1. The molecular formula is C19H12Cl2F3NO4. The second kappa shape index (κ2) is 7.96. The van der Waals surface area contributed by atoms with Crippen LogP contribution in [0.5, 0.6) is 0 Å². The van der Waals surface area contributed by atoms with E-state index < -0.39 is 35.9 Å². The van der Waals surface area contributed by atoms with Crippen LogP contribution in [0.3, 0.4) is 0 Å². The maximum atomic E-state index is 13.1. The number of hydrogen-bond acceptors (Lipinski definition) is 4. The van der Waals surface area contributed by atoms with E-state index in [9.17, 15) is 22.8 Å². The van der Waals surface area contributed by atoms with Crippen molar-refractivity contribution in [2.75, 3.05) is 11.9 Å². The summed E-state index contributed by atoms with van der Waals surface area (Å²) < 4.78 is 49.5. The van der Waals surface area contributed by atoms with Gasteiger partial charge in [0, 0.05) is 10.9 Å². The van der Waals surface area contributed by atoms with E-state index in [1.54, 1.807) is 25.1 Å². The SMILES string of the molecule is Cc1c(C(=O)OCC(=O)Nc2c(Cl)cccc2C(F)(F)F)oc2c(Cl)cccc12. The zero-order valence-electron chi connectivity index (χ0n) is 14.7. The molecule has 0 aliphatic heterocycles. The van der Waals surface area contributed by atoms with Gasteiger partial charge in [0.2, 0.25) is 5.76 Å². The molecule has 0 aliphatic rings. The van der Waals surface area contributed by atoms with E-state index in [1.807, 2.05) is 5.32 Å². The van der Waals surface area contributed by atoms with Crippen molar-refractivity contribution in [3.8, 4) is 0 Å². The molecule has 0 spiro atoms. The standard InChI is InChI=1S/C19H12Cl2F3NO4/c1-9-10-4-2-7-13(21)17(10)29-16(9)18(27)28-8-14(26)25-15-11(19(22,23)24)5-3-6-12(15)20/h2-7H,8H2,1H3,(H,25,26). The third kappa shape index (κ3) is 4.33.